The number of benzene rings is 1. The minimum atomic E-state index is 0.0435. The molecule has 4 aromatic rings. The van der Waals surface area contributed by atoms with E-state index in [1.807, 2.05) is 12.4 Å². The highest BCUT2D eigenvalue weighted by atomic mass is 32.1. The Morgan fingerprint density at radius 3 is 3.00 bits per heavy atom. The minimum absolute atomic E-state index is 0.0435. The zero-order valence-corrected chi connectivity index (χ0v) is 20.5. The summed E-state index contributed by atoms with van der Waals surface area (Å²) < 4.78 is 1.14. The first-order valence-electron chi connectivity index (χ1n) is 11.4. The Kier molecular flexibility index (Phi) is 6.55. The lowest BCUT2D eigenvalue weighted by Gasteiger charge is -2.13. The molecule has 0 aliphatic carbocycles. The van der Waals surface area contributed by atoms with Gasteiger partial charge in [-0.15, -0.1) is 22.7 Å². The molecule has 1 unspecified atom stereocenters. The Morgan fingerprint density at radius 1 is 1.27 bits per heavy atom. The number of rotatable bonds is 8. The smallest absolute Gasteiger partial charge is 0.226 e. The van der Waals surface area contributed by atoms with Crippen molar-refractivity contribution in [3.63, 3.8) is 0 Å². The molecule has 1 aliphatic rings. The number of H-pyrrole nitrogens is 1. The van der Waals surface area contributed by atoms with Gasteiger partial charge in [-0.1, -0.05) is 13.0 Å². The molecule has 7 nitrogen and oxygen atoms in total. The Labute approximate surface area is 201 Å². The van der Waals surface area contributed by atoms with Crippen LogP contribution in [0, 0.1) is 0 Å². The molecule has 5 rings (SSSR count). The molecule has 172 valence electrons. The highest BCUT2D eigenvalue weighted by Gasteiger charge is 2.25. The molecule has 0 fully saturated rings. The van der Waals surface area contributed by atoms with Crippen molar-refractivity contribution in [2.24, 2.45) is 0 Å². The summed E-state index contributed by atoms with van der Waals surface area (Å²) >= 11 is 3.37. The summed E-state index contributed by atoms with van der Waals surface area (Å²) in [6.07, 6.45) is 6.17. The second-order valence-corrected chi connectivity index (χ2v) is 10.5. The van der Waals surface area contributed by atoms with E-state index >= 15 is 0 Å². The lowest BCUT2D eigenvalue weighted by atomic mass is 10.0. The number of thiazole rings is 1. The number of aromatic amines is 1. The summed E-state index contributed by atoms with van der Waals surface area (Å²) in [5, 5.41) is 18.9. The van der Waals surface area contributed by atoms with Crippen molar-refractivity contribution in [1.29, 1.82) is 0 Å². The van der Waals surface area contributed by atoms with Gasteiger partial charge < -0.3 is 16.0 Å². The Morgan fingerprint density at radius 2 is 2.18 bits per heavy atom. The first kappa shape index (κ1) is 22.2. The van der Waals surface area contributed by atoms with E-state index in [0.29, 0.717) is 19.0 Å². The second kappa shape index (κ2) is 9.72. The monoisotopic (exact) mass is 480 g/mol. The summed E-state index contributed by atoms with van der Waals surface area (Å²) in [7, 11) is 0. The Hall–Kier alpha value is -2.59. The molecular formula is C24H28N6OS2. The Balaban J connectivity index is 1.45. The third kappa shape index (κ3) is 4.72. The predicted molar refractivity (Wildman–Crippen MR) is 137 cm³/mol. The minimum Gasteiger partial charge on any atom is -0.317 e. The third-order valence-corrected chi connectivity index (χ3v) is 8.27. The molecule has 3 aromatic heterocycles. The standard InChI is InChI=1S/C24H28N6OS2/c1-3-14(2)26-9-7-21(31)30-24-22(17-6-8-25-13-20(17)33-24)23-29-18-10-15(4-5-19(18)32-23)16-11-27-28-12-16/h4-5,10-12,14,25-26H,3,6-9,13H2,1-2H3,(H,27,28)(H,30,31). The molecule has 4 heterocycles. The lowest BCUT2D eigenvalue weighted by Crippen LogP contribution is -2.28. The van der Waals surface area contributed by atoms with E-state index in [1.54, 1.807) is 22.7 Å². The summed E-state index contributed by atoms with van der Waals surface area (Å²) in [4.78, 5) is 19.0. The summed E-state index contributed by atoms with van der Waals surface area (Å²) in [5.41, 5.74) is 5.53. The van der Waals surface area contributed by atoms with Crippen molar-refractivity contribution < 1.29 is 4.79 Å². The molecule has 1 aliphatic heterocycles. The van der Waals surface area contributed by atoms with E-state index in [2.05, 4.69) is 58.2 Å². The van der Waals surface area contributed by atoms with Gasteiger partial charge in [0.15, 0.2) is 0 Å². The van der Waals surface area contributed by atoms with Crippen molar-refractivity contribution in [1.82, 2.24) is 25.8 Å². The average molecular weight is 481 g/mol. The zero-order chi connectivity index (χ0) is 22.8. The van der Waals surface area contributed by atoms with Crippen LogP contribution in [0.15, 0.2) is 30.6 Å². The fourth-order valence-electron chi connectivity index (χ4n) is 4.04. The van der Waals surface area contributed by atoms with Crippen LogP contribution in [0.3, 0.4) is 0 Å². The number of fused-ring (bicyclic) bond motifs is 2. The number of nitrogens with one attached hydrogen (secondary N) is 4. The number of carbonyl (C=O) groups is 1. The molecule has 0 spiro atoms. The topological polar surface area (TPSA) is 94.7 Å². The van der Waals surface area contributed by atoms with Gasteiger partial charge in [-0.3, -0.25) is 9.89 Å². The van der Waals surface area contributed by atoms with E-state index in [1.165, 1.54) is 10.4 Å². The van der Waals surface area contributed by atoms with Crippen LogP contribution in [0.4, 0.5) is 5.00 Å². The fourth-order valence-corrected chi connectivity index (χ4v) is 6.36. The van der Waals surface area contributed by atoms with Crippen molar-refractivity contribution in [3.05, 3.63) is 41.0 Å². The van der Waals surface area contributed by atoms with Gasteiger partial charge in [-0.2, -0.15) is 5.10 Å². The second-order valence-electron chi connectivity index (χ2n) is 8.38. The van der Waals surface area contributed by atoms with Gasteiger partial charge in [-0.05, 0) is 49.6 Å². The van der Waals surface area contributed by atoms with Crippen LogP contribution in [0.1, 0.15) is 37.1 Å². The number of hydrogen-bond acceptors (Lipinski definition) is 7. The van der Waals surface area contributed by atoms with Gasteiger partial charge in [0.05, 0.1) is 16.4 Å². The first-order valence-corrected chi connectivity index (χ1v) is 13.0. The normalized spacial score (nSPS) is 14.4. The van der Waals surface area contributed by atoms with Crippen LogP contribution in [0.2, 0.25) is 0 Å². The molecule has 1 atom stereocenters. The highest BCUT2D eigenvalue weighted by Crippen LogP contribution is 2.45. The van der Waals surface area contributed by atoms with E-state index in [4.69, 9.17) is 4.98 Å². The maximum atomic E-state index is 12.7. The number of nitrogens with zero attached hydrogens (tertiary/aromatic N) is 2. The zero-order valence-electron chi connectivity index (χ0n) is 18.8. The molecular weight excluding hydrogens is 452 g/mol. The van der Waals surface area contributed by atoms with E-state index < -0.39 is 0 Å². The van der Waals surface area contributed by atoms with Gasteiger partial charge >= 0.3 is 0 Å². The number of thiophene rings is 1. The SMILES string of the molecule is CCC(C)NCCC(=O)Nc1sc2c(c1-c1nc3cc(-c4cn[nH]c4)ccc3s1)CCNC2. The van der Waals surface area contributed by atoms with Crippen molar-refractivity contribution in [2.45, 2.75) is 45.7 Å². The van der Waals surface area contributed by atoms with Crippen LogP contribution in [0.5, 0.6) is 0 Å². The maximum absolute atomic E-state index is 12.7. The van der Waals surface area contributed by atoms with Crippen LogP contribution in [-0.2, 0) is 17.8 Å². The molecule has 33 heavy (non-hydrogen) atoms. The largest absolute Gasteiger partial charge is 0.317 e. The Bertz CT molecular complexity index is 1260. The number of carbonyl (C=O) groups excluding carboxylic acids is 1. The van der Waals surface area contributed by atoms with Gasteiger partial charge in [0.1, 0.15) is 10.0 Å². The molecule has 0 saturated heterocycles. The van der Waals surface area contributed by atoms with Crippen LogP contribution in [-0.4, -0.2) is 40.2 Å². The number of amides is 1. The van der Waals surface area contributed by atoms with Gasteiger partial charge in [-0.25, -0.2) is 4.98 Å². The molecule has 1 aromatic carbocycles. The molecule has 4 N–H and O–H groups in total. The molecule has 9 heteroatoms. The van der Waals surface area contributed by atoms with Gasteiger partial charge in [0.25, 0.3) is 0 Å². The van der Waals surface area contributed by atoms with Gasteiger partial charge in [0.2, 0.25) is 5.91 Å². The molecule has 0 bridgehead atoms. The number of hydrogen-bond donors (Lipinski definition) is 4. The first-order chi connectivity index (χ1) is 16.1. The summed E-state index contributed by atoms with van der Waals surface area (Å²) in [5.74, 6) is 0.0435. The molecule has 0 saturated carbocycles. The average Bonchev–Trinajstić information content (AvgIpc) is 3.56. The van der Waals surface area contributed by atoms with Crippen molar-refractivity contribution >= 4 is 43.8 Å². The van der Waals surface area contributed by atoms with E-state index in [-0.39, 0.29) is 5.91 Å². The molecule has 1 amide bonds. The lowest BCUT2D eigenvalue weighted by molar-refractivity contribution is -0.116. The fraction of sp³-hybridized carbons (Fsp3) is 0.375. The van der Waals surface area contributed by atoms with Crippen LogP contribution < -0.4 is 16.0 Å². The van der Waals surface area contributed by atoms with Crippen molar-refractivity contribution in [3.8, 4) is 21.7 Å². The quantitative estimate of drug-likeness (QED) is 0.291. The van der Waals surface area contributed by atoms with E-state index in [0.717, 1.165) is 62.8 Å². The van der Waals surface area contributed by atoms with Crippen molar-refractivity contribution in [2.75, 3.05) is 18.4 Å². The summed E-state index contributed by atoms with van der Waals surface area (Å²) in [6, 6.07) is 6.76. The number of anilines is 1. The molecule has 0 radical (unpaired) electrons. The predicted octanol–water partition coefficient (Wildman–Crippen LogP) is 4.78. The van der Waals surface area contributed by atoms with Crippen LogP contribution in [0.25, 0.3) is 31.9 Å². The maximum Gasteiger partial charge on any atom is 0.226 e. The highest BCUT2D eigenvalue weighted by molar-refractivity contribution is 7.23. The third-order valence-electron chi connectivity index (χ3n) is 6.07. The number of aromatic nitrogens is 3. The summed E-state index contributed by atoms with van der Waals surface area (Å²) in [6.45, 7) is 6.75. The van der Waals surface area contributed by atoms with Gasteiger partial charge in [0, 0.05) is 47.8 Å². The van der Waals surface area contributed by atoms with E-state index in [9.17, 15) is 4.79 Å². The van der Waals surface area contributed by atoms with Crippen LogP contribution >= 0.6 is 22.7 Å².